The quantitative estimate of drug-likeness (QED) is 0.361. The molecule has 0 saturated heterocycles. The number of pyridine rings is 1. The number of fused-ring (bicyclic) bond motifs is 2. The number of hydrogen-bond donors (Lipinski definition) is 3. The van der Waals surface area contributed by atoms with E-state index in [1.165, 1.54) is 25.1 Å². The van der Waals surface area contributed by atoms with Gasteiger partial charge in [-0.3, -0.25) is 19.4 Å². The molecule has 2 atom stereocenters. The lowest BCUT2D eigenvalue weighted by Crippen LogP contribution is -2.38. The molecule has 8 nitrogen and oxygen atoms in total. The first kappa shape index (κ1) is 28.2. The Morgan fingerprint density at radius 3 is 2.72 bits per heavy atom. The standard InChI is InChI=1S/C29H31ClFN5O3/c1-16-5-4-6-24(22-13-19(9-11-34-22)28(33-3)23(15-32)35-29(16)39)36-12-10-18(14-25(36)38)26-20(17(2)37)7-8-21(30)27(26)31/h7-9,11,13-16,24,32-33H,4-6,10,12H2,1-3H3,(H,35,39)/b28-23+,32-15?. The van der Waals surface area contributed by atoms with Gasteiger partial charge in [0.15, 0.2) is 5.78 Å². The average Bonchev–Trinajstić information content (AvgIpc) is 2.92. The van der Waals surface area contributed by atoms with Gasteiger partial charge in [-0.2, -0.15) is 0 Å². The largest absolute Gasteiger partial charge is 0.386 e. The number of Topliss-reactive ketones (excluding diaryl/α,β-unsaturated/α-hetero) is 1. The molecule has 3 heterocycles. The van der Waals surface area contributed by atoms with E-state index in [2.05, 4.69) is 15.6 Å². The molecule has 0 spiro atoms. The first-order valence-corrected chi connectivity index (χ1v) is 13.2. The van der Waals surface area contributed by atoms with Crippen molar-refractivity contribution >= 4 is 46.7 Å². The van der Waals surface area contributed by atoms with Crippen molar-refractivity contribution in [2.45, 2.75) is 45.6 Å². The molecule has 2 aliphatic heterocycles. The molecule has 3 N–H and O–H groups in total. The summed E-state index contributed by atoms with van der Waals surface area (Å²) in [7, 11) is 1.71. The maximum atomic E-state index is 15.1. The number of aromatic nitrogens is 1. The van der Waals surface area contributed by atoms with Crippen LogP contribution in [-0.2, 0) is 9.59 Å². The van der Waals surface area contributed by atoms with Crippen molar-refractivity contribution in [1.82, 2.24) is 20.5 Å². The SMILES string of the molecule is CN/C1=C(\C=N)NC(=O)C(C)CCCC(N2CCC(c3c(C(C)=O)ccc(Cl)c3F)=CC2=O)c2cc1ccn2. The second-order valence-corrected chi connectivity index (χ2v) is 10.2. The molecular weight excluding hydrogens is 521 g/mol. The summed E-state index contributed by atoms with van der Waals surface area (Å²) in [6, 6.07) is 6.07. The molecule has 2 bridgehead atoms. The van der Waals surface area contributed by atoms with E-state index in [9.17, 15) is 14.4 Å². The smallest absolute Gasteiger partial charge is 0.247 e. The van der Waals surface area contributed by atoms with Crippen LogP contribution in [-0.4, -0.2) is 47.3 Å². The molecule has 1 aromatic heterocycles. The van der Waals surface area contributed by atoms with Gasteiger partial charge in [0.25, 0.3) is 0 Å². The maximum absolute atomic E-state index is 15.1. The van der Waals surface area contributed by atoms with E-state index < -0.39 is 5.82 Å². The van der Waals surface area contributed by atoms with Crippen molar-refractivity contribution in [3.63, 3.8) is 0 Å². The second kappa shape index (κ2) is 11.9. The number of halogens is 2. The van der Waals surface area contributed by atoms with Gasteiger partial charge >= 0.3 is 0 Å². The lowest BCUT2D eigenvalue weighted by Gasteiger charge is -2.35. The molecule has 39 heavy (non-hydrogen) atoms. The van der Waals surface area contributed by atoms with Crippen LogP contribution in [0.3, 0.4) is 0 Å². The lowest BCUT2D eigenvalue weighted by molar-refractivity contribution is -0.129. The van der Waals surface area contributed by atoms with Crippen molar-refractivity contribution in [2.24, 2.45) is 5.92 Å². The van der Waals surface area contributed by atoms with Gasteiger partial charge in [-0.05, 0) is 56.0 Å². The monoisotopic (exact) mass is 551 g/mol. The number of nitrogens with zero attached hydrogens (tertiary/aromatic N) is 2. The van der Waals surface area contributed by atoms with Crippen LogP contribution < -0.4 is 10.6 Å². The number of amides is 2. The predicted octanol–water partition coefficient (Wildman–Crippen LogP) is 4.91. The Labute approximate surface area is 231 Å². The topological polar surface area (TPSA) is 115 Å². The minimum absolute atomic E-state index is 0.0737. The Kier molecular flexibility index (Phi) is 8.60. The van der Waals surface area contributed by atoms with Crippen LogP contribution in [0.1, 0.15) is 72.8 Å². The lowest BCUT2D eigenvalue weighted by atomic mass is 9.90. The normalized spacial score (nSPS) is 22.3. The van der Waals surface area contributed by atoms with E-state index >= 15 is 4.39 Å². The predicted molar refractivity (Wildman–Crippen MR) is 149 cm³/mol. The summed E-state index contributed by atoms with van der Waals surface area (Å²) in [6.45, 7) is 3.48. The van der Waals surface area contributed by atoms with Gasteiger partial charge in [-0.25, -0.2) is 4.39 Å². The zero-order valence-electron chi connectivity index (χ0n) is 22.1. The molecule has 204 valence electrons. The van der Waals surface area contributed by atoms with E-state index in [4.69, 9.17) is 17.0 Å². The van der Waals surface area contributed by atoms with E-state index in [1.807, 2.05) is 13.0 Å². The fraction of sp³-hybridized carbons (Fsp3) is 0.345. The van der Waals surface area contributed by atoms with Crippen LogP contribution in [0.25, 0.3) is 11.3 Å². The van der Waals surface area contributed by atoms with E-state index in [0.29, 0.717) is 60.5 Å². The van der Waals surface area contributed by atoms with Gasteiger partial charge < -0.3 is 20.9 Å². The third-order valence-corrected chi connectivity index (χ3v) is 7.56. The highest BCUT2D eigenvalue weighted by molar-refractivity contribution is 6.31. The number of rotatable bonds is 5. The Morgan fingerprint density at radius 2 is 2.05 bits per heavy atom. The van der Waals surface area contributed by atoms with Crippen molar-refractivity contribution in [3.8, 4) is 0 Å². The van der Waals surface area contributed by atoms with Gasteiger partial charge in [0.1, 0.15) is 5.82 Å². The van der Waals surface area contributed by atoms with Gasteiger partial charge in [-0.15, -0.1) is 0 Å². The highest BCUT2D eigenvalue weighted by Crippen LogP contribution is 2.36. The third-order valence-electron chi connectivity index (χ3n) is 7.27. The number of carbonyl (C=O) groups is 3. The maximum Gasteiger partial charge on any atom is 0.247 e. The van der Waals surface area contributed by atoms with Crippen LogP contribution in [0, 0.1) is 17.1 Å². The minimum atomic E-state index is -0.710. The van der Waals surface area contributed by atoms with Crippen molar-refractivity contribution in [3.05, 3.63) is 75.5 Å². The number of allylic oxidation sites excluding steroid dienone is 1. The van der Waals surface area contributed by atoms with Crippen LogP contribution in [0.15, 0.2) is 42.2 Å². The van der Waals surface area contributed by atoms with Gasteiger partial charge in [-0.1, -0.05) is 24.9 Å². The van der Waals surface area contributed by atoms with Crippen molar-refractivity contribution in [1.29, 1.82) is 5.41 Å². The molecule has 0 saturated carbocycles. The van der Waals surface area contributed by atoms with Crippen molar-refractivity contribution < 1.29 is 18.8 Å². The molecule has 2 amide bonds. The summed E-state index contributed by atoms with van der Waals surface area (Å²) >= 11 is 6.02. The number of benzene rings is 1. The van der Waals surface area contributed by atoms with Gasteiger partial charge in [0.05, 0.1) is 28.2 Å². The number of nitrogens with one attached hydrogen (secondary N) is 3. The zero-order chi connectivity index (χ0) is 28.3. The average molecular weight is 552 g/mol. The van der Waals surface area contributed by atoms with Gasteiger partial charge in [0.2, 0.25) is 11.8 Å². The van der Waals surface area contributed by atoms with E-state index in [-0.39, 0.29) is 45.7 Å². The number of hydrogen-bond acceptors (Lipinski definition) is 6. The third kappa shape index (κ3) is 5.78. The Hall–Kier alpha value is -3.85. The molecule has 0 aliphatic carbocycles. The minimum Gasteiger partial charge on any atom is -0.386 e. The van der Waals surface area contributed by atoms with Crippen LogP contribution in [0.5, 0.6) is 0 Å². The summed E-state index contributed by atoms with van der Waals surface area (Å²) in [6.07, 6.45) is 6.27. The summed E-state index contributed by atoms with van der Waals surface area (Å²) in [5.41, 5.74) is 2.98. The summed E-state index contributed by atoms with van der Waals surface area (Å²) in [5, 5.41) is 13.7. The molecule has 1 aromatic carbocycles. The molecule has 10 heteroatoms. The van der Waals surface area contributed by atoms with Gasteiger partial charge in [0, 0.05) is 54.7 Å². The van der Waals surface area contributed by atoms with Crippen LogP contribution in [0.2, 0.25) is 5.02 Å². The second-order valence-electron chi connectivity index (χ2n) is 9.78. The Morgan fingerprint density at radius 1 is 1.28 bits per heavy atom. The van der Waals surface area contributed by atoms with E-state index in [0.717, 1.165) is 6.21 Å². The molecule has 0 radical (unpaired) electrons. The van der Waals surface area contributed by atoms with Crippen LogP contribution in [0.4, 0.5) is 4.39 Å². The summed E-state index contributed by atoms with van der Waals surface area (Å²) in [4.78, 5) is 44.8. The van der Waals surface area contributed by atoms with Crippen molar-refractivity contribution in [2.75, 3.05) is 13.6 Å². The first-order chi connectivity index (χ1) is 18.7. The molecule has 4 rings (SSSR count). The molecule has 0 fully saturated rings. The highest BCUT2D eigenvalue weighted by atomic mass is 35.5. The Balaban J connectivity index is 1.75. The number of carbonyl (C=O) groups excluding carboxylic acids is 3. The summed E-state index contributed by atoms with van der Waals surface area (Å²) < 4.78 is 15.1. The fourth-order valence-electron chi connectivity index (χ4n) is 5.18. The Bertz CT molecular complexity index is 1400. The molecule has 2 aromatic rings. The fourth-order valence-corrected chi connectivity index (χ4v) is 5.34. The molecule has 2 unspecified atom stereocenters. The number of ketones is 1. The van der Waals surface area contributed by atoms with E-state index in [1.54, 1.807) is 24.2 Å². The van der Waals surface area contributed by atoms with Crippen LogP contribution >= 0.6 is 11.6 Å². The summed E-state index contributed by atoms with van der Waals surface area (Å²) in [5.74, 6) is -1.82. The highest BCUT2D eigenvalue weighted by Gasteiger charge is 2.31. The zero-order valence-corrected chi connectivity index (χ0v) is 22.9. The molecule has 2 aliphatic rings. The molecular formula is C29H31ClFN5O3. The first-order valence-electron chi connectivity index (χ1n) is 12.9.